The van der Waals surface area contributed by atoms with E-state index < -0.39 is 0 Å². The maximum Gasteiger partial charge on any atom is 0.159 e. The van der Waals surface area contributed by atoms with E-state index in [2.05, 4.69) is 0 Å². The van der Waals surface area contributed by atoms with Crippen LogP contribution in [0.4, 0.5) is 0 Å². The number of ketones is 1. The number of hydrogen-bond donors (Lipinski definition) is 0. The summed E-state index contributed by atoms with van der Waals surface area (Å²) < 4.78 is 1.85. The van der Waals surface area contributed by atoms with Crippen molar-refractivity contribution in [2.45, 2.75) is 13.8 Å². The molecular formula is C10H13NO. The van der Waals surface area contributed by atoms with Crippen molar-refractivity contribution in [1.82, 2.24) is 4.57 Å². The molecule has 0 aromatic carbocycles. The Morgan fingerprint density at radius 2 is 1.92 bits per heavy atom. The van der Waals surface area contributed by atoms with Crippen LogP contribution in [0.5, 0.6) is 0 Å². The van der Waals surface area contributed by atoms with E-state index in [0.29, 0.717) is 0 Å². The summed E-state index contributed by atoms with van der Waals surface area (Å²) in [5.74, 6) is 0.237. The molecule has 0 N–H and O–H groups in total. The lowest BCUT2D eigenvalue weighted by Gasteiger charge is -1.96. The van der Waals surface area contributed by atoms with E-state index in [4.69, 9.17) is 0 Å². The third-order valence-electron chi connectivity index (χ3n) is 1.61. The fourth-order valence-electron chi connectivity index (χ4n) is 0.799. The first-order valence-corrected chi connectivity index (χ1v) is 4.04. The molecule has 1 heterocycles. The van der Waals surface area contributed by atoms with Gasteiger partial charge >= 0.3 is 0 Å². The van der Waals surface area contributed by atoms with Gasteiger partial charge in [0.2, 0.25) is 0 Å². The Morgan fingerprint density at radius 3 is 2.42 bits per heavy atom. The van der Waals surface area contributed by atoms with Crippen LogP contribution in [0.25, 0.3) is 6.20 Å². The van der Waals surface area contributed by atoms with Gasteiger partial charge in [-0.05, 0) is 18.2 Å². The molecule has 0 aliphatic rings. The van der Waals surface area contributed by atoms with Crippen molar-refractivity contribution < 1.29 is 4.79 Å². The molecule has 1 aromatic rings. The molecule has 0 fully saturated rings. The van der Waals surface area contributed by atoms with Gasteiger partial charge in [-0.1, -0.05) is 13.8 Å². The standard InChI is InChI=1S/C10H13NO/c1-9(2)10(12)5-8-11-6-3-4-7-11/h3-9H,1-2H3/b8-5+. The maximum absolute atomic E-state index is 11.1. The Morgan fingerprint density at radius 1 is 1.33 bits per heavy atom. The largest absolute Gasteiger partial charge is 0.330 e. The van der Waals surface area contributed by atoms with E-state index >= 15 is 0 Å². The Hall–Kier alpha value is -1.31. The summed E-state index contributed by atoms with van der Waals surface area (Å²) in [5.41, 5.74) is 0. The predicted octanol–water partition coefficient (Wildman–Crippen LogP) is 2.18. The average Bonchev–Trinajstić information content (AvgIpc) is 2.51. The second kappa shape index (κ2) is 3.90. The summed E-state index contributed by atoms with van der Waals surface area (Å²) in [6, 6.07) is 3.84. The van der Waals surface area contributed by atoms with Crippen LogP contribution in [0.1, 0.15) is 13.8 Å². The molecule has 64 valence electrons. The molecule has 0 bridgehead atoms. The van der Waals surface area contributed by atoms with Crippen LogP contribution >= 0.6 is 0 Å². The average molecular weight is 163 g/mol. The topological polar surface area (TPSA) is 22.0 Å². The highest BCUT2D eigenvalue weighted by Crippen LogP contribution is 1.97. The fraction of sp³-hybridized carbons (Fsp3) is 0.300. The number of aromatic nitrogens is 1. The number of nitrogens with zero attached hydrogens (tertiary/aromatic N) is 1. The highest BCUT2D eigenvalue weighted by atomic mass is 16.1. The van der Waals surface area contributed by atoms with E-state index in [0.717, 1.165) is 0 Å². The van der Waals surface area contributed by atoms with Crippen molar-refractivity contribution in [2.24, 2.45) is 5.92 Å². The predicted molar refractivity (Wildman–Crippen MR) is 49.6 cm³/mol. The lowest BCUT2D eigenvalue weighted by molar-refractivity contribution is -0.117. The van der Waals surface area contributed by atoms with Crippen LogP contribution in [0.15, 0.2) is 30.6 Å². The summed E-state index contributed by atoms with van der Waals surface area (Å²) in [6.07, 6.45) is 7.15. The molecule has 1 aromatic heterocycles. The van der Waals surface area contributed by atoms with Gasteiger partial charge in [-0.3, -0.25) is 4.79 Å². The molecule has 0 unspecified atom stereocenters. The zero-order valence-electron chi connectivity index (χ0n) is 7.40. The van der Waals surface area contributed by atoms with Crippen molar-refractivity contribution in [1.29, 1.82) is 0 Å². The third-order valence-corrected chi connectivity index (χ3v) is 1.61. The van der Waals surface area contributed by atoms with E-state index in [-0.39, 0.29) is 11.7 Å². The monoisotopic (exact) mass is 163 g/mol. The summed E-state index contributed by atoms with van der Waals surface area (Å²) >= 11 is 0. The third kappa shape index (κ3) is 2.38. The van der Waals surface area contributed by atoms with Crippen LogP contribution in [-0.2, 0) is 4.79 Å². The molecule has 1 rings (SSSR count). The zero-order chi connectivity index (χ0) is 8.97. The van der Waals surface area contributed by atoms with Crippen molar-refractivity contribution in [2.75, 3.05) is 0 Å². The lowest BCUT2D eigenvalue weighted by Crippen LogP contribution is -2.02. The van der Waals surface area contributed by atoms with E-state index in [1.165, 1.54) is 0 Å². The van der Waals surface area contributed by atoms with Gasteiger partial charge in [0, 0.05) is 24.5 Å². The summed E-state index contributed by atoms with van der Waals surface area (Å²) in [6.45, 7) is 3.78. The van der Waals surface area contributed by atoms with Gasteiger partial charge in [0.1, 0.15) is 0 Å². The molecule has 2 nitrogen and oxygen atoms in total. The SMILES string of the molecule is CC(C)C(=O)/C=C/n1cccc1. The smallest absolute Gasteiger partial charge is 0.159 e. The minimum atomic E-state index is 0.0804. The summed E-state index contributed by atoms with van der Waals surface area (Å²) in [5, 5.41) is 0. The molecule has 0 amide bonds. The highest BCUT2D eigenvalue weighted by molar-refractivity contribution is 5.93. The van der Waals surface area contributed by atoms with E-state index in [9.17, 15) is 4.79 Å². The molecule has 0 aliphatic carbocycles. The molecule has 12 heavy (non-hydrogen) atoms. The first-order chi connectivity index (χ1) is 5.70. The van der Waals surface area contributed by atoms with Crippen LogP contribution in [0, 0.1) is 5.92 Å². The van der Waals surface area contributed by atoms with Crippen LogP contribution in [-0.4, -0.2) is 10.4 Å². The minimum absolute atomic E-state index is 0.0804. The van der Waals surface area contributed by atoms with Crippen LogP contribution in [0.3, 0.4) is 0 Å². The number of rotatable bonds is 3. The van der Waals surface area contributed by atoms with Crippen molar-refractivity contribution in [3.8, 4) is 0 Å². The van der Waals surface area contributed by atoms with E-state index in [1.54, 1.807) is 12.3 Å². The van der Waals surface area contributed by atoms with Gasteiger partial charge in [0.15, 0.2) is 5.78 Å². The van der Waals surface area contributed by atoms with Crippen LogP contribution in [0.2, 0.25) is 0 Å². The number of carbonyl (C=O) groups is 1. The molecule has 0 aliphatic heterocycles. The summed E-state index contributed by atoms with van der Waals surface area (Å²) in [4.78, 5) is 11.1. The molecule has 0 atom stereocenters. The van der Waals surface area contributed by atoms with Crippen molar-refractivity contribution in [3.05, 3.63) is 30.6 Å². The van der Waals surface area contributed by atoms with Crippen molar-refractivity contribution >= 4 is 12.0 Å². The first-order valence-electron chi connectivity index (χ1n) is 4.04. The van der Waals surface area contributed by atoms with Crippen molar-refractivity contribution in [3.63, 3.8) is 0 Å². The molecule has 0 saturated carbocycles. The zero-order valence-corrected chi connectivity index (χ0v) is 7.40. The molecule has 0 spiro atoms. The lowest BCUT2D eigenvalue weighted by atomic mass is 10.1. The van der Waals surface area contributed by atoms with E-state index in [1.807, 2.05) is 42.9 Å². The quantitative estimate of drug-likeness (QED) is 0.626. The van der Waals surface area contributed by atoms with Crippen LogP contribution < -0.4 is 0 Å². The maximum atomic E-state index is 11.1. The van der Waals surface area contributed by atoms with Gasteiger partial charge in [-0.2, -0.15) is 0 Å². The normalized spacial score (nSPS) is 11.2. The Kier molecular flexibility index (Phi) is 2.86. The second-order valence-electron chi connectivity index (χ2n) is 3.00. The number of allylic oxidation sites excluding steroid dienone is 1. The Balaban J connectivity index is 2.57. The van der Waals surface area contributed by atoms with Gasteiger partial charge in [0.05, 0.1) is 0 Å². The first kappa shape index (κ1) is 8.78. The molecular weight excluding hydrogens is 150 g/mol. The minimum Gasteiger partial charge on any atom is -0.330 e. The molecule has 2 heteroatoms. The Labute approximate surface area is 72.5 Å². The molecule has 0 saturated heterocycles. The summed E-state index contributed by atoms with van der Waals surface area (Å²) in [7, 11) is 0. The fourth-order valence-corrected chi connectivity index (χ4v) is 0.799. The second-order valence-corrected chi connectivity index (χ2v) is 3.00. The number of carbonyl (C=O) groups excluding carboxylic acids is 1. The number of hydrogen-bond acceptors (Lipinski definition) is 1. The van der Waals surface area contributed by atoms with Gasteiger partial charge in [-0.25, -0.2) is 0 Å². The molecule has 0 radical (unpaired) electrons. The highest BCUT2D eigenvalue weighted by Gasteiger charge is 2.00. The Bertz CT molecular complexity index is 270. The van der Waals surface area contributed by atoms with Gasteiger partial charge in [-0.15, -0.1) is 0 Å². The van der Waals surface area contributed by atoms with Gasteiger partial charge < -0.3 is 4.57 Å². The van der Waals surface area contributed by atoms with Gasteiger partial charge in [0.25, 0.3) is 0 Å².